The molecule has 3 N–H and O–H groups in total. The molecule has 0 saturated carbocycles. The Morgan fingerprint density at radius 2 is 2.29 bits per heavy atom. The molecule has 2 atom stereocenters. The lowest BCUT2D eigenvalue weighted by molar-refractivity contribution is 0.144. The van der Waals surface area contributed by atoms with E-state index in [1.165, 1.54) is 0 Å². The number of aliphatic hydroxyl groups excluding tert-OH is 1. The smallest absolute Gasteiger partial charge is 0.125 e. The van der Waals surface area contributed by atoms with E-state index in [9.17, 15) is 5.11 Å². The highest BCUT2D eigenvalue weighted by Crippen LogP contribution is 2.31. The van der Waals surface area contributed by atoms with E-state index in [4.69, 9.17) is 10.5 Å². The quantitative estimate of drug-likeness (QED) is 0.649. The number of nitrogens with two attached hydrogens (primary N) is 1. The molecule has 2 rings (SSSR count). The van der Waals surface area contributed by atoms with Crippen molar-refractivity contribution in [2.45, 2.75) is 25.5 Å². The lowest BCUT2D eigenvalue weighted by Crippen LogP contribution is -2.28. The van der Waals surface area contributed by atoms with Gasteiger partial charge in [0, 0.05) is 11.6 Å². The van der Waals surface area contributed by atoms with Gasteiger partial charge in [0.25, 0.3) is 0 Å². The van der Waals surface area contributed by atoms with E-state index in [2.05, 4.69) is 0 Å². The van der Waals surface area contributed by atoms with Crippen LogP contribution in [0.5, 0.6) is 5.75 Å². The lowest BCUT2D eigenvalue weighted by atomic mass is 9.99. The number of ether oxygens (including phenoxy) is 1. The molecule has 0 aliphatic carbocycles. The summed E-state index contributed by atoms with van der Waals surface area (Å²) < 4.78 is 5.50. The molecular formula is C11H15NO2. The third-order valence-corrected chi connectivity index (χ3v) is 2.60. The van der Waals surface area contributed by atoms with E-state index in [1.807, 2.05) is 25.1 Å². The average molecular weight is 193 g/mol. The average Bonchev–Trinajstić information content (AvgIpc) is 2.30. The SMILES string of the molecule is Cc1ccc2c(c1)[C@@H](O)[C@@H](N)CCO2. The third-order valence-electron chi connectivity index (χ3n) is 2.60. The first-order valence-corrected chi connectivity index (χ1v) is 4.85. The van der Waals surface area contributed by atoms with Gasteiger partial charge in [-0.25, -0.2) is 0 Å². The maximum absolute atomic E-state index is 9.93. The number of hydrogen-bond donors (Lipinski definition) is 2. The van der Waals surface area contributed by atoms with Crippen LogP contribution >= 0.6 is 0 Å². The Balaban J connectivity index is 2.44. The molecular weight excluding hydrogens is 178 g/mol. The zero-order chi connectivity index (χ0) is 10.1. The molecule has 0 unspecified atom stereocenters. The van der Waals surface area contributed by atoms with Gasteiger partial charge in [-0.05, 0) is 25.5 Å². The Hall–Kier alpha value is -1.06. The number of aryl methyl sites for hydroxylation is 1. The van der Waals surface area contributed by atoms with E-state index in [1.54, 1.807) is 0 Å². The van der Waals surface area contributed by atoms with Gasteiger partial charge in [-0.1, -0.05) is 11.6 Å². The molecule has 1 aliphatic rings. The van der Waals surface area contributed by atoms with Crippen molar-refractivity contribution >= 4 is 0 Å². The highest BCUT2D eigenvalue weighted by molar-refractivity contribution is 5.39. The van der Waals surface area contributed by atoms with Gasteiger partial charge in [0.1, 0.15) is 5.75 Å². The van der Waals surface area contributed by atoms with Crippen molar-refractivity contribution in [2.24, 2.45) is 5.73 Å². The number of fused-ring (bicyclic) bond motifs is 1. The van der Waals surface area contributed by atoms with Crippen molar-refractivity contribution in [1.29, 1.82) is 0 Å². The molecule has 0 aromatic heterocycles. The highest BCUT2D eigenvalue weighted by Gasteiger charge is 2.23. The summed E-state index contributed by atoms with van der Waals surface area (Å²) in [6.45, 7) is 2.57. The highest BCUT2D eigenvalue weighted by atomic mass is 16.5. The minimum absolute atomic E-state index is 0.224. The Morgan fingerprint density at radius 1 is 1.50 bits per heavy atom. The van der Waals surface area contributed by atoms with Crippen molar-refractivity contribution in [2.75, 3.05) is 6.61 Å². The molecule has 0 radical (unpaired) electrons. The molecule has 3 nitrogen and oxygen atoms in total. The van der Waals surface area contributed by atoms with Gasteiger partial charge in [-0.2, -0.15) is 0 Å². The molecule has 14 heavy (non-hydrogen) atoms. The van der Waals surface area contributed by atoms with Crippen LogP contribution in [-0.2, 0) is 0 Å². The van der Waals surface area contributed by atoms with E-state index >= 15 is 0 Å². The fraction of sp³-hybridized carbons (Fsp3) is 0.455. The number of rotatable bonds is 0. The fourth-order valence-corrected chi connectivity index (χ4v) is 1.72. The van der Waals surface area contributed by atoms with Crippen LogP contribution in [0.1, 0.15) is 23.7 Å². The van der Waals surface area contributed by atoms with Crippen LogP contribution in [0.2, 0.25) is 0 Å². The molecule has 0 fully saturated rings. The minimum Gasteiger partial charge on any atom is -0.493 e. The molecule has 0 amide bonds. The lowest BCUT2D eigenvalue weighted by Gasteiger charge is -2.16. The van der Waals surface area contributed by atoms with Crippen LogP contribution in [0.4, 0.5) is 0 Å². The van der Waals surface area contributed by atoms with Crippen molar-refractivity contribution in [3.8, 4) is 5.75 Å². The molecule has 76 valence electrons. The maximum atomic E-state index is 9.93. The van der Waals surface area contributed by atoms with E-state index in [-0.39, 0.29) is 6.04 Å². The van der Waals surface area contributed by atoms with Crippen LogP contribution in [0.25, 0.3) is 0 Å². The molecule has 0 bridgehead atoms. The molecule has 1 aliphatic heterocycles. The Morgan fingerprint density at radius 3 is 3.07 bits per heavy atom. The fourth-order valence-electron chi connectivity index (χ4n) is 1.72. The summed E-state index contributed by atoms with van der Waals surface area (Å²) in [4.78, 5) is 0. The first-order valence-electron chi connectivity index (χ1n) is 4.85. The summed E-state index contributed by atoms with van der Waals surface area (Å²) in [6.07, 6.45) is 0.0851. The molecule has 3 heteroatoms. The number of hydrogen-bond acceptors (Lipinski definition) is 3. The monoisotopic (exact) mass is 193 g/mol. The summed E-state index contributed by atoms with van der Waals surface area (Å²) in [5.41, 5.74) is 7.74. The van der Waals surface area contributed by atoms with Gasteiger partial charge >= 0.3 is 0 Å². The van der Waals surface area contributed by atoms with Crippen LogP contribution < -0.4 is 10.5 Å². The van der Waals surface area contributed by atoms with Crippen molar-refractivity contribution in [3.05, 3.63) is 29.3 Å². The second-order valence-electron chi connectivity index (χ2n) is 3.79. The number of benzene rings is 1. The van der Waals surface area contributed by atoms with Gasteiger partial charge in [-0.3, -0.25) is 0 Å². The Kier molecular flexibility index (Phi) is 2.44. The minimum atomic E-state index is -0.604. The summed E-state index contributed by atoms with van der Waals surface area (Å²) in [5.74, 6) is 0.760. The van der Waals surface area contributed by atoms with E-state index < -0.39 is 6.10 Å². The van der Waals surface area contributed by atoms with Gasteiger partial charge in [0.15, 0.2) is 0 Å². The topological polar surface area (TPSA) is 55.5 Å². The summed E-state index contributed by atoms with van der Waals surface area (Å²) in [5, 5.41) is 9.93. The van der Waals surface area contributed by atoms with Gasteiger partial charge < -0.3 is 15.6 Å². The van der Waals surface area contributed by atoms with Gasteiger partial charge in [-0.15, -0.1) is 0 Å². The standard InChI is InChI=1S/C11H15NO2/c1-7-2-3-10-8(6-7)11(13)9(12)4-5-14-10/h2-3,6,9,11,13H,4-5,12H2,1H3/t9-,11+/m0/s1. The summed E-state index contributed by atoms with van der Waals surface area (Å²) in [7, 11) is 0. The maximum Gasteiger partial charge on any atom is 0.125 e. The second-order valence-corrected chi connectivity index (χ2v) is 3.79. The molecule has 0 saturated heterocycles. The predicted octanol–water partition coefficient (Wildman–Crippen LogP) is 1.14. The first-order chi connectivity index (χ1) is 6.68. The third kappa shape index (κ3) is 1.61. The number of aliphatic hydroxyl groups is 1. The second kappa shape index (κ2) is 3.59. The summed E-state index contributed by atoms with van der Waals surface area (Å²) in [6, 6.07) is 5.58. The van der Waals surface area contributed by atoms with Crippen molar-refractivity contribution in [3.63, 3.8) is 0 Å². The van der Waals surface area contributed by atoms with Gasteiger partial charge in [0.2, 0.25) is 0 Å². The van der Waals surface area contributed by atoms with E-state index in [0.717, 1.165) is 16.9 Å². The van der Waals surface area contributed by atoms with Gasteiger partial charge in [0.05, 0.1) is 12.7 Å². The Labute approximate surface area is 83.5 Å². The van der Waals surface area contributed by atoms with E-state index in [0.29, 0.717) is 13.0 Å². The predicted molar refractivity (Wildman–Crippen MR) is 54.2 cm³/mol. The zero-order valence-corrected chi connectivity index (χ0v) is 8.23. The van der Waals surface area contributed by atoms with Crippen molar-refractivity contribution in [1.82, 2.24) is 0 Å². The normalized spacial score (nSPS) is 26.2. The largest absolute Gasteiger partial charge is 0.493 e. The molecule has 0 spiro atoms. The molecule has 1 heterocycles. The van der Waals surface area contributed by atoms with Crippen LogP contribution in [0.3, 0.4) is 0 Å². The summed E-state index contributed by atoms with van der Waals surface area (Å²) >= 11 is 0. The molecule has 1 aromatic rings. The zero-order valence-electron chi connectivity index (χ0n) is 8.23. The van der Waals surface area contributed by atoms with Crippen LogP contribution in [0.15, 0.2) is 18.2 Å². The van der Waals surface area contributed by atoms with Crippen LogP contribution in [-0.4, -0.2) is 17.8 Å². The van der Waals surface area contributed by atoms with Crippen LogP contribution in [0, 0.1) is 6.92 Å². The first kappa shape index (κ1) is 9.49. The van der Waals surface area contributed by atoms with Crippen molar-refractivity contribution < 1.29 is 9.84 Å². The molecule has 1 aromatic carbocycles. The Bertz CT molecular complexity index is 338.